The fraction of sp³-hybridized carbons (Fsp3) is 0.429. The van der Waals surface area contributed by atoms with Gasteiger partial charge in [-0.25, -0.2) is 9.50 Å². The first-order chi connectivity index (χ1) is 17.7. The van der Waals surface area contributed by atoms with Gasteiger partial charge in [-0.3, -0.25) is 14.8 Å². The molecule has 9 heteroatoms. The zero-order chi connectivity index (χ0) is 26.9. The number of likely N-dealkylation sites (N-methyl/N-ethyl adjacent to an activating group) is 2. The number of nitrogens with one attached hydrogen (secondary N) is 1. The number of pyridine rings is 1. The van der Waals surface area contributed by atoms with Crippen LogP contribution < -0.4 is 4.74 Å². The van der Waals surface area contributed by atoms with Crippen molar-refractivity contribution in [3.05, 3.63) is 54.0 Å². The lowest BCUT2D eigenvalue weighted by molar-refractivity contribution is -0.136. The molecule has 0 aliphatic rings. The molecule has 0 bridgehead atoms. The van der Waals surface area contributed by atoms with Crippen LogP contribution in [0.2, 0.25) is 0 Å². The molecule has 1 aromatic carbocycles. The Morgan fingerprint density at radius 3 is 2.43 bits per heavy atom. The molecule has 9 nitrogen and oxygen atoms in total. The van der Waals surface area contributed by atoms with Gasteiger partial charge >= 0.3 is 0 Å². The highest BCUT2D eigenvalue weighted by Gasteiger charge is 2.25. The van der Waals surface area contributed by atoms with Crippen LogP contribution in [0.15, 0.2) is 42.9 Å². The second kappa shape index (κ2) is 10.7. The molecule has 0 unspecified atom stereocenters. The van der Waals surface area contributed by atoms with E-state index in [1.807, 2.05) is 43.1 Å². The predicted molar refractivity (Wildman–Crippen MR) is 146 cm³/mol. The molecule has 196 valence electrons. The van der Waals surface area contributed by atoms with Gasteiger partial charge in [0.05, 0.1) is 30.6 Å². The van der Waals surface area contributed by atoms with Crippen molar-refractivity contribution in [1.29, 1.82) is 0 Å². The number of carbonyl (C=O) groups is 1. The van der Waals surface area contributed by atoms with E-state index in [0.717, 1.165) is 40.2 Å². The van der Waals surface area contributed by atoms with Crippen LogP contribution in [-0.2, 0) is 4.79 Å². The van der Waals surface area contributed by atoms with Crippen LogP contribution in [0.5, 0.6) is 5.75 Å². The van der Waals surface area contributed by atoms with Crippen molar-refractivity contribution in [3.8, 4) is 28.3 Å². The summed E-state index contributed by atoms with van der Waals surface area (Å²) in [6.07, 6.45) is 3.43. The largest absolute Gasteiger partial charge is 0.493 e. The van der Waals surface area contributed by atoms with Crippen LogP contribution in [-0.4, -0.2) is 74.3 Å². The molecule has 0 aliphatic carbocycles. The number of rotatable bonds is 9. The number of benzene rings is 1. The van der Waals surface area contributed by atoms with E-state index in [1.54, 1.807) is 11.6 Å². The van der Waals surface area contributed by atoms with E-state index in [9.17, 15) is 4.79 Å². The zero-order valence-corrected chi connectivity index (χ0v) is 23.0. The van der Waals surface area contributed by atoms with E-state index < -0.39 is 0 Å². The minimum Gasteiger partial charge on any atom is -0.493 e. The molecule has 0 spiro atoms. The molecule has 4 aromatic rings. The Bertz CT molecular complexity index is 1370. The maximum absolute atomic E-state index is 13.0. The van der Waals surface area contributed by atoms with Gasteiger partial charge in [0.1, 0.15) is 6.33 Å². The number of ether oxygens (including phenoxy) is 1. The van der Waals surface area contributed by atoms with Gasteiger partial charge in [-0.1, -0.05) is 45.0 Å². The highest BCUT2D eigenvalue weighted by molar-refractivity contribution is 5.82. The Morgan fingerprint density at radius 1 is 1.11 bits per heavy atom. The number of hydrogen-bond acceptors (Lipinski definition) is 6. The maximum Gasteiger partial charge on any atom is 0.239 e. The van der Waals surface area contributed by atoms with E-state index in [-0.39, 0.29) is 23.9 Å². The third kappa shape index (κ3) is 4.96. The quantitative estimate of drug-likeness (QED) is 0.354. The van der Waals surface area contributed by atoms with Gasteiger partial charge in [-0.05, 0) is 50.6 Å². The monoisotopic (exact) mass is 503 g/mol. The molecule has 1 N–H and O–H groups in total. The van der Waals surface area contributed by atoms with Crippen LogP contribution >= 0.6 is 0 Å². The summed E-state index contributed by atoms with van der Waals surface area (Å²) in [5.74, 6) is 0.979. The highest BCUT2D eigenvalue weighted by atomic mass is 16.5. The Kier molecular flexibility index (Phi) is 7.63. The third-order valence-corrected chi connectivity index (χ3v) is 7.34. The first-order valence-electron chi connectivity index (χ1n) is 12.7. The van der Waals surface area contributed by atoms with Crippen molar-refractivity contribution in [2.45, 2.75) is 52.6 Å². The lowest BCUT2D eigenvalue weighted by Crippen LogP contribution is -2.44. The molecule has 2 atom stereocenters. The summed E-state index contributed by atoms with van der Waals surface area (Å²) in [6, 6.07) is 10.1. The first-order valence-corrected chi connectivity index (χ1v) is 12.7. The molecule has 0 saturated heterocycles. The van der Waals surface area contributed by atoms with Crippen molar-refractivity contribution >= 4 is 11.6 Å². The molecule has 1 amide bonds. The normalized spacial score (nSPS) is 13.4. The van der Waals surface area contributed by atoms with Crippen LogP contribution in [0.4, 0.5) is 0 Å². The van der Waals surface area contributed by atoms with Gasteiger partial charge in [0.2, 0.25) is 5.91 Å². The number of H-pyrrole nitrogens is 1. The number of amides is 1. The van der Waals surface area contributed by atoms with E-state index in [1.165, 1.54) is 6.33 Å². The standard InChI is InChI=1S/C28H37N7O2/c1-9-33(6)19(5)28(36)34(7)18(4)20-10-12-21(13-11-20)25-24(17(2)3)26(32-31-25)22-14-23(37-8)27-29-16-30-35(27)15-22/h10-19H,9H2,1-8H3,(H,31,32)/t18-,19-/m0/s1. The number of aromatic amines is 1. The Labute approximate surface area is 218 Å². The van der Waals surface area contributed by atoms with Gasteiger partial charge in [-0.2, -0.15) is 10.2 Å². The topological polar surface area (TPSA) is 91.7 Å². The third-order valence-electron chi connectivity index (χ3n) is 7.34. The first kappa shape index (κ1) is 26.3. The molecule has 3 aromatic heterocycles. The Hall–Kier alpha value is -3.72. The van der Waals surface area contributed by atoms with Crippen LogP contribution in [0, 0.1) is 0 Å². The fourth-order valence-corrected chi connectivity index (χ4v) is 4.63. The molecule has 0 radical (unpaired) electrons. The minimum absolute atomic E-state index is 0.0435. The minimum atomic E-state index is -0.163. The molecular weight excluding hydrogens is 466 g/mol. The van der Waals surface area contributed by atoms with Crippen LogP contribution in [0.3, 0.4) is 0 Å². The van der Waals surface area contributed by atoms with Crippen LogP contribution in [0.25, 0.3) is 28.2 Å². The highest BCUT2D eigenvalue weighted by Crippen LogP contribution is 2.37. The summed E-state index contributed by atoms with van der Waals surface area (Å²) in [4.78, 5) is 21.1. The second-order valence-electron chi connectivity index (χ2n) is 9.84. The molecule has 37 heavy (non-hydrogen) atoms. The van der Waals surface area contributed by atoms with Gasteiger partial charge in [0.25, 0.3) is 0 Å². The van der Waals surface area contributed by atoms with Gasteiger partial charge in [0.15, 0.2) is 11.4 Å². The van der Waals surface area contributed by atoms with E-state index in [4.69, 9.17) is 9.84 Å². The smallest absolute Gasteiger partial charge is 0.239 e. The van der Waals surface area contributed by atoms with Crippen molar-refractivity contribution in [2.24, 2.45) is 0 Å². The number of carbonyl (C=O) groups excluding carboxylic acids is 1. The van der Waals surface area contributed by atoms with Crippen molar-refractivity contribution in [2.75, 3.05) is 27.7 Å². The summed E-state index contributed by atoms with van der Waals surface area (Å²) >= 11 is 0. The predicted octanol–water partition coefficient (Wildman–Crippen LogP) is 4.78. The van der Waals surface area contributed by atoms with E-state index in [2.05, 4.69) is 67.1 Å². The Balaban J connectivity index is 1.65. The summed E-state index contributed by atoms with van der Waals surface area (Å²) < 4.78 is 7.26. The SMILES string of the molecule is CCN(C)[C@@H](C)C(=O)N(C)[C@@H](C)c1ccc(-c2[nH]nc(-c3cc(OC)c4ncnn4c3)c2C(C)C)cc1. The van der Waals surface area contributed by atoms with Gasteiger partial charge in [-0.15, -0.1) is 0 Å². The maximum atomic E-state index is 13.0. The van der Waals surface area contributed by atoms with Crippen LogP contribution in [0.1, 0.15) is 57.7 Å². The number of nitrogens with zero attached hydrogens (tertiary/aromatic N) is 6. The number of methoxy groups -OCH3 is 1. The zero-order valence-electron chi connectivity index (χ0n) is 23.0. The van der Waals surface area contributed by atoms with Gasteiger partial charge < -0.3 is 9.64 Å². The van der Waals surface area contributed by atoms with E-state index >= 15 is 0 Å². The molecule has 4 rings (SSSR count). The molecule has 0 saturated carbocycles. The van der Waals surface area contributed by atoms with Gasteiger partial charge in [0, 0.05) is 24.4 Å². The molecule has 3 heterocycles. The second-order valence-corrected chi connectivity index (χ2v) is 9.84. The van der Waals surface area contributed by atoms with Crippen molar-refractivity contribution in [3.63, 3.8) is 0 Å². The van der Waals surface area contributed by atoms with Crippen molar-refractivity contribution < 1.29 is 9.53 Å². The van der Waals surface area contributed by atoms with E-state index in [0.29, 0.717) is 11.4 Å². The fourth-order valence-electron chi connectivity index (χ4n) is 4.63. The summed E-state index contributed by atoms with van der Waals surface area (Å²) in [5, 5.41) is 12.3. The summed E-state index contributed by atoms with van der Waals surface area (Å²) in [5.41, 5.74) is 6.64. The molecule has 0 aliphatic heterocycles. The molecular formula is C28H37N7O2. The number of fused-ring (bicyclic) bond motifs is 1. The average Bonchev–Trinajstić information content (AvgIpc) is 3.58. The average molecular weight is 504 g/mol. The lowest BCUT2D eigenvalue weighted by Gasteiger charge is -2.31. The Morgan fingerprint density at radius 2 is 1.81 bits per heavy atom. The summed E-state index contributed by atoms with van der Waals surface area (Å²) in [7, 11) is 5.48. The number of aromatic nitrogens is 5. The van der Waals surface area contributed by atoms with Crippen molar-refractivity contribution in [1.82, 2.24) is 34.6 Å². The number of hydrogen-bond donors (Lipinski definition) is 1. The summed E-state index contributed by atoms with van der Waals surface area (Å²) in [6.45, 7) is 11.2. The lowest BCUT2D eigenvalue weighted by atomic mass is 9.93. The molecule has 0 fully saturated rings.